The number of hydrogen-bond acceptors (Lipinski definition) is 3. The summed E-state index contributed by atoms with van der Waals surface area (Å²) in [6.07, 6.45) is -13.5. The van der Waals surface area contributed by atoms with E-state index in [4.69, 9.17) is 0 Å². The molecule has 0 spiro atoms. The van der Waals surface area contributed by atoms with Gasteiger partial charge in [0, 0.05) is 0 Å². The molecule has 1 aromatic heterocycles. The topological polar surface area (TPSA) is 64.2 Å². The van der Waals surface area contributed by atoms with Gasteiger partial charge < -0.3 is 5.11 Å². The summed E-state index contributed by atoms with van der Waals surface area (Å²) in [4.78, 5) is 24.8. The van der Waals surface area contributed by atoms with Crippen molar-refractivity contribution in [3.8, 4) is 5.88 Å². The van der Waals surface area contributed by atoms with Crippen LogP contribution in [0.15, 0.2) is 64.2 Å². The number of nitrogens with zero attached hydrogens (tertiary/aromatic N) is 2. The molecule has 0 aliphatic rings. The molecule has 1 heterocycles. The Labute approximate surface area is 191 Å². The van der Waals surface area contributed by atoms with Crippen LogP contribution in [0.4, 0.5) is 35.1 Å². The van der Waals surface area contributed by atoms with Gasteiger partial charge in [0.05, 0.1) is 30.3 Å². The lowest BCUT2D eigenvalue weighted by Gasteiger charge is -2.16. The highest BCUT2D eigenvalue weighted by Crippen LogP contribution is 2.32. The van der Waals surface area contributed by atoms with Gasteiger partial charge in [0.1, 0.15) is 12.3 Å². The quantitative estimate of drug-likeness (QED) is 0.467. The summed E-state index contributed by atoms with van der Waals surface area (Å²) in [6.45, 7) is -1.85. The van der Waals surface area contributed by atoms with E-state index in [1.165, 1.54) is 0 Å². The predicted molar refractivity (Wildman–Crippen MR) is 107 cm³/mol. The molecule has 0 saturated heterocycles. The Morgan fingerprint density at radius 3 is 1.43 bits per heavy atom. The molecule has 5 nitrogen and oxygen atoms in total. The second-order valence-electron chi connectivity index (χ2n) is 7.52. The van der Waals surface area contributed by atoms with Gasteiger partial charge in [-0.15, -0.1) is 0 Å². The van der Waals surface area contributed by atoms with E-state index in [-0.39, 0.29) is 11.1 Å². The Morgan fingerprint density at radius 1 is 0.686 bits per heavy atom. The molecule has 0 aliphatic carbocycles. The van der Waals surface area contributed by atoms with Crippen molar-refractivity contribution in [1.82, 2.24) is 9.13 Å². The summed E-state index contributed by atoms with van der Waals surface area (Å²) in [7, 11) is 0. The van der Waals surface area contributed by atoms with Crippen molar-refractivity contribution in [3.05, 3.63) is 97.7 Å². The van der Waals surface area contributed by atoms with Crippen molar-refractivity contribution in [3.63, 3.8) is 0 Å². The van der Waals surface area contributed by atoms with E-state index in [9.17, 15) is 49.8 Å². The number of halogens is 8. The molecule has 0 radical (unpaired) electrons. The van der Waals surface area contributed by atoms with Gasteiger partial charge in [-0.3, -0.25) is 13.9 Å². The second kappa shape index (κ2) is 9.55. The average molecular weight is 508 g/mol. The zero-order valence-electron chi connectivity index (χ0n) is 17.4. The third kappa shape index (κ3) is 5.89. The van der Waals surface area contributed by atoms with Crippen LogP contribution in [-0.2, 0) is 25.4 Å². The van der Waals surface area contributed by atoms with E-state index in [2.05, 4.69) is 0 Å². The molecule has 35 heavy (non-hydrogen) atoms. The first-order valence-corrected chi connectivity index (χ1v) is 9.84. The maximum atomic E-state index is 14.7. The minimum Gasteiger partial charge on any atom is -0.494 e. The van der Waals surface area contributed by atoms with Crippen molar-refractivity contribution in [2.45, 2.75) is 37.8 Å². The molecule has 3 aromatic rings. The van der Waals surface area contributed by atoms with E-state index in [1.807, 2.05) is 0 Å². The number of aromatic nitrogens is 2. The highest BCUT2D eigenvalue weighted by molar-refractivity contribution is 5.27. The summed E-state index contributed by atoms with van der Waals surface area (Å²) in [5.41, 5.74) is -5.05. The lowest BCUT2D eigenvalue weighted by Crippen LogP contribution is -2.40. The van der Waals surface area contributed by atoms with Gasteiger partial charge in [-0.2, -0.15) is 26.3 Å². The Hall–Kier alpha value is -3.64. The van der Waals surface area contributed by atoms with Crippen molar-refractivity contribution in [2.75, 3.05) is 0 Å². The predicted octanol–water partition coefficient (Wildman–Crippen LogP) is 5.17. The third-order valence-electron chi connectivity index (χ3n) is 5.14. The number of hydrogen-bond donors (Lipinski definition) is 1. The first kappa shape index (κ1) is 26.0. The van der Waals surface area contributed by atoms with Crippen LogP contribution in [-0.4, -0.2) is 14.2 Å². The monoisotopic (exact) mass is 508 g/mol. The summed E-state index contributed by atoms with van der Waals surface area (Å²) in [5, 5.41) is 9.94. The van der Waals surface area contributed by atoms with Gasteiger partial charge in [-0.1, -0.05) is 24.3 Å². The molecule has 188 valence electrons. The molecule has 13 heteroatoms. The first-order valence-electron chi connectivity index (χ1n) is 9.84. The lowest BCUT2D eigenvalue weighted by molar-refractivity contribution is -0.138. The summed E-state index contributed by atoms with van der Waals surface area (Å²) in [6, 6.07) is 6.36. The van der Waals surface area contributed by atoms with Crippen LogP contribution < -0.4 is 11.2 Å². The molecule has 0 amide bonds. The third-order valence-corrected chi connectivity index (χ3v) is 5.14. The van der Waals surface area contributed by atoms with Gasteiger partial charge in [0.25, 0.3) is 5.56 Å². The SMILES string of the molecule is O=c1cc(O)n(CC(F)c2ccc(C(F)(F)F)cc2)c(=O)n1CC(F)c1ccc(C(F)(F)F)cc1. The van der Waals surface area contributed by atoms with Crippen LogP contribution in [0.25, 0.3) is 0 Å². The van der Waals surface area contributed by atoms with E-state index < -0.39 is 66.0 Å². The van der Waals surface area contributed by atoms with E-state index in [1.54, 1.807) is 0 Å². The smallest absolute Gasteiger partial charge is 0.416 e. The molecular weight excluding hydrogens is 492 g/mol. The molecule has 3 rings (SSSR count). The van der Waals surface area contributed by atoms with Gasteiger partial charge in [0.15, 0.2) is 0 Å². The van der Waals surface area contributed by atoms with Crippen LogP contribution in [0.3, 0.4) is 0 Å². The van der Waals surface area contributed by atoms with Crippen LogP contribution in [0, 0.1) is 0 Å². The minimum absolute atomic E-state index is 0.254. The zero-order valence-corrected chi connectivity index (χ0v) is 17.4. The Kier molecular flexibility index (Phi) is 7.08. The van der Waals surface area contributed by atoms with Crippen molar-refractivity contribution in [2.24, 2.45) is 0 Å². The fourth-order valence-corrected chi connectivity index (χ4v) is 3.24. The van der Waals surface area contributed by atoms with Crippen LogP contribution in [0.5, 0.6) is 5.88 Å². The Balaban J connectivity index is 1.85. The molecule has 0 saturated carbocycles. The molecule has 0 aliphatic heterocycles. The molecule has 2 aromatic carbocycles. The average Bonchev–Trinajstić information content (AvgIpc) is 2.78. The maximum Gasteiger partial charge on any atom is 0.416 e. The fourth-order valence-electron chi connectivity index (χ4n) is 3.24. The van der Waals surface area contributed by atoms with Gasteiger partial charge in [0.2, 0.25) is 5.88 Å². The first-order chi connectivity index (χ1) is 16.2. The van der Waals surface area contributed by atoms with Crippen molar-refractivity contribution >= 4 is 0 Å². The Morgan fingerprint density at radius 2 is 1.06 bits per heavy atom. The lowest BCUT2D eigenvalue weighted by atomic mass is 10.1. The van der Waals surface area contributed by atoms with E-state index in [0.717, 1.165) is 24.3 Å². The van der Waals surface area contributed by atoms with Gasteiger partial charge in [-0.05, 0) is 35.4 Å². The fraction of sp³-hybridized carbons (Fsp3) is 0.273. The van der Waals surface area contributed by atoms with E-state index >= 15 is 0 Å². The van der Waals surface area contributed by atoms with E-state index in [0.29, 0.717) is 39.5 Å². The van der Waals surface area contributed by atoms with Gasteiger partial charge >= 0.3 is 18.0 Å². The van der Waals surface area contributed by atoms with Crippen molar-refractivity contribution < 1.29 is 40.2 Å². The van der Waals surface area contributed by atoms with Crippen molar-refractivity contribution in [1.29, 1.82) is 0 Å². The maximum absolute atomic E-state index is 14.7. The normalized spacial score (nSPS) is 14.1. The summed E-state index contributed by atoms with van der Waals surface area (Å²) < 4.78 is 106. The minimum atomic E-state index is -4.65. The largest absolute Gasteiger partial charge is 0.494 e. The zero-order chi connectivity index (χ0) is 26.1. The summed E-state index contributed by atoms with van der Waals surface area (Å²) in [5.74, 6) is -0.962. The highest BCUT2D eigenvalue weighted by atomic mass is 19.4. The second-order valence-corrected chi connectivity index (χ2v) is 7.52. The van der Waals surface area contributed by atoms with Crippen LogP contribution >= 0.6 is 0 Å². The Bertz CT molecular complexity index is 1290. The molecular formula is C22H16F8N2O3. The number of benzene rings is 2. The summed E-state index contributed by atoms with van der Waals surface area (Å²) >= 11 is 0. The molecule has 1 N–H and O–H groups in total. The van der Waals surface area contributed by atoms with Crippen LogP contribution in [0.1, 0.15) is 34.6 Å². The molecule has 0 fully saturated rings. The number of aromatic hydroxyl groups is 1. The van der Waals surface area contributed by atoms with Gasteiger partial charge in [-0.25, -0.2) is 13.6 Å². The van der Waals surface area contributed by atoms with Crippen LogP contribution in [0.2, 0.25) is 0 Å². The standard InChI is InChI=1S/C22H16F8N2O3/c23-16(12-1-5-14(6-2-12)21(25,26)27)10-31-18(33)9-19(34)32(20(31)35)11-17(24)13-3-7-15(8-4-13)22(28,29)30/h1-9,16-17,33H,10-11H2. The number of rotatable bonds is 6. The molecule has 0 bridgehead atoms. The number of alkyl halides is 8. The molecule has 2 atom stereocenters. The highest BCUT2D eigenvalue weighted by Gasteiger charge is 2.31. The molecule has 2 unspecified atom stereocenters.